The van der Waals surface area contributed by atoms with Crippen molar-refractivity contribution < 1.29 is 19.7 Å². The maximum absolute atomic E-state index is 12.1. The van der Waals surface area contributed by atoms with Crippen LogP contribution < -0.4 is 10.6 Å². The number of aliphatic hydroxyl groups is 2. The number of nitrogens with one attached hydrogen (secondary N) is 2. The minimum absolute atomic E-state index is 0.391. The largest absolute Gasteiger partial charge is 0.387 e. The standard InChI is InChI=1S/C18H20N6O4/c1-2-19-17(27)14-12(25)13(26)18(28-14)24-9-22-11-15(20-8-21-16(11)24)23-10-6-4-3-5-7-10/h3-9,12-14,18,25-26H,2H2,1H3,(H,19,27)(H,20,21,23)/t12-,13+,14-,18+/m0/s1. The summed E-state index contributed by atoms with van der Waals surface area (Å²) in [5.41, 5.74) is 1.71. The average molecular weight is 384 g/mol. The van der Waals surface area contributed by atoms with Gasteiger partial charge in [0.05, 0.1) is 6.33 Å². The van der Waals surface area contributed by atoms with Crippen LogP contribution in [0.5, 0.6) is 0 Å². The molecule has 28 heavy (non-hydrogen) atoms. The summed E-state index contributed by atoms with van der Waals surface area (Å²) >= 11 is 0. The van der Waals surface area contributed by atoms with E-state index in [1.54, 1.807) is 6.92 Å². The zero-order valence-corrected chi connectivity index (χ0v) is 15.1. The van der Waals surface area contributed by atoms with Crippen molar-refractivity contribution in [2.45, 2.75) is 31.5 Å². The van der Waals surface area contributed by atoms with Crippen LogP contribution in [0.15, 0.2) is 43.0 Å². The van der Waals surface area contributed by atoms with Gasteiger partial charge in [0.2, 0.25) is 0 Å². The molecule has 1 amide bonds. The predicted octanol–water partition coefficient (Wildman–Crippen LogP) is 0.325. The molecule has 4 rings (SSSR count). The SMILES string of the molecule is CCNC(=O)[C@H]1O[C@@H](n2cnc3c(Nc4ccccc4)ncnc32)[C@H](O)[C@@H]1O. The lowest BCUT2D eigenvalue weighted by atomic mass is 10.1. The number of benzene rings is 1. The molecular formula is C18H20N6O4. The van der Waals surface area contributed by atoms with Gasteiger partial charge < -0.3 is 25.6 Å². The number of likely N-dealkylation sites (N-methyl/N-ethyl adjacent to an activating group) is 1. The first-order valence-corrected chi connectivity index (χ1v) is 8.89. The van der Waals surface area contributed by atoms with Crippen molar-refractivity contribution in [2.75, 3.05) is 11.9 Å². The Balaban J connectivity index is 1.65. The summed E-state index contributed by atoms with van der Waals surface area (Å²) in [6.07, 6.45) is -2.06. The van der Waals surface area contributed by atoms with Crippen molar-refractivity contribution in [3.8, 4) is 0 Å². The number of nitrogens with zero attached hydrogens (tertiary/aromatic N) is 4. The van der Waals surface area contributed by atoms with Crippen LogP contribution in [0, 0.1) is 0 Å². The summed E-state index contributed by atoms with van der Waals surface area (Å²) in [6.45, 7) is 2.15. The molecule has 0 spiro atoms. The molecule has 10 heteroatoms. The maximum Gasteiger partial charge on any atom is 0.252 e. The lowest BCUT2D eigenvalue weighted by Gasteiger charge is -2.16. The molecule has 0 unspecified atom stereocenters. The van der Waals surface area contributed by atoms with Crippen LogP contribution in [0.2, 0.25) is 0 Å². The Labute approximate surface area is 160 Å². The third-order valence-electron chi connectivity index (χ3n) is 4.52. The Hall–Kier alpha value is -3.08. The van der Waals surface area contributed by atoms with Crippen molar-refractivity contribution in [1.29, 1.82) is 0 Å². The second-order valence-electron chi connectivity index (χ2n) is 6.36. The Bertz CT molecular complexity index is 979. The molecule has 1 aliphatic heterocycles. The third-order valence-corrected chi connectivity index (χ3v) is 4.52. The molecule has 2 aromatic heterocycles. The Kier molecular flexibility index (Phi) is 4.90. The first kappa shape index (κ1) is 18.3. The molecule has 4 N–H and O–H groups in total. The average Bonchev–Trinajstić information content (AvgIpc) is 3.25. The molecule has 0 bridgehead atoms. The van der Waals surface area contributed by atoms with E-state index in [1.807, 2.05) is 30.3 Å². The first-order chi connectivity index (χ1) is 13.6. The molecule has 146 valence electrons. The summed E-state index contributed by atoms with van der Waals surface area (Å²) in [7, 11) is 0. The van der Waals surface area contributed by atoms with Crippen molar-refractivity contribution in [2.24, 2.45) is 0 Å². The molecule has 3 aromatic rings. The summed E-state index contributed by atoms with van der Waals surface area (Å²) in [6, 6.07) is 9.48. The fourth-order valence-electron chi connectivity index (χ4n) is 3.17. The number of carbonyl (C=O) groups is 1. The number of para-hydroxylation sites is 1. The second kappa shape index (κ2) is 7.50. The molecule has 1 aromatic carbocycles. The molecular weight excluding hydrogens is 364 g/mol. The number of aliphatic hydroxyl groups excluding tert-OH is 2. The lowest BCUT2D eigenvalue weighted by molar-refractivity contribution is -0.137. The van der Waals surface area contributed by atoms with Crippen LogP contribution in [-0.2, 0) is 9.53 Å². The van der Waals surface area contributed by atoms with Crippen LogP contribution in [0.25, 0.3) is 11.2 Å². The molecule has 0 aliphatic carbocycles. The molecule has 1 fully saturated rings. The molecule has 4 atom stereocenters. The van der Waals surface area contributed by atoms with Gasteiger partial charge >= 0.3 is 0 Å². The number of amides is 1. The monoisotopic (exact) mass is 384 g/mol. The molecule has 0 saturated carbocycles. The van der Waals surface area contributed by atoms with Crippen LogP contribution in [0.3, 0.4) is 0 Å². The fraction of sp³-hybridized carbons (Fsp3) is 0.333. The van der Waals surface area contributed by atoms with E-state index in [0.29, 0.717) is 23.5 Å². The molecule has 0 radical (unpaired) electrons. The minimum atomic E-state index is -1.36. The van der Waals surface area contributed by atoms with Gasteiger partial charge in [-0.2, -0.15) is 0 Å². The van der Waals surface area contributed by atoms with Gasteiger partial charge in [-0.1, -0.05) is 18.2 Å². The second-order valence-corrected chi connectivity index (χ2v) is 6.36. The highest BCUT2D eigenvalue weighted by atomic mass is 16.6. The minimum Gasteiger partial charge on any atom is -0.387 e. The van der Waals surface area contributed by atoms with E-state index < -0.39 is 30.4 Å². The number of ether oxygens (including phenoxy) is 1. The van der Waals surface area contributed by atoms with Crippen molar-refractivity contribution >= 4 is 28.6 Å². The number of imidazole rings is 1. The smallest absolute Gasteiger partial charge is 0.252 e. The van der Waals surface area contributed by atoms with Crippen molar-refractivity contribution in [3.63, 3.8) is 0 Å². The number of hydrogen-bond donors (Lipinski definition) is 4. The van der Waals surface area contributed by atoms with E-state index in [2.05, 4.69) is 25.6 Å². The summed E-state index contributed by atoms with van der Waals surface area (Å²) in [5.74, 6) is 0.00490. The topological polar surface area (TPSA) is 134 Å². The highest BCUT2D eigenvalue weighted by Gasteiger charge is 2.47. The zero-order valence-electron chi connectivity index (χ0n) is 15.1. The molecule has 1 aliphatic rings. The molecule has 3 heterocycles. The molecule has 10 nitrogen and oxygen atoms in total. The van der Waals surface area contributed by atoms with E-state index in [9.17, 15) is 15.0 Å². The highest BCUT2D eigenvalue weighted by Crippen LogP contribution is 2.32. The summed E-state index contributed by atoms with van der Waals surface area (Å²) in [4.78, 5) is 24.9. The van der Waals surface area contributed by atoms with Crippen molar-refractivity contribution in [1.82, 2.24) is 24.8 Å². The number of hydrogen-bond acceptors (Lipinski definition) is 8. The van der Waals surface area contributed by atoms with Gasteiger partial charge in [0, 0.05) is 12.2 Å². The van der Waals surface area contributed by atoms with Crippen molar-refractivity contribution in [3.05, 3.63) is 43.0 Å². The lowest BCUT2D eigenvalue weighted by Crippen LogP contribution is -2.42. The van der Waals surface area contributed by atoms with E-state index in [1.165, 1.54) is 17.2 Å². The van der Waals surface area contributed by atoms with Gasteiger partial charge in [-0.25, -0.2) is 15.0 Å². The highest BCUT2D eigenvalue weighted by molar-refractivity contribution is 5.85. The Morgan fingerprint density at radius 3 is 2.71 bits per heavy atom. The molecule has 1 saturated heterocycles. The van der Waals surface area contributed by atoms with Gasteiger partial charge in [0.25, 0.3) is 5.91 Å². The number of rotatable bonds is 5. The number of carbonyl (C=O) groups excluding carboxylic acids is 1. The van der Waals surface area contributed by atoms with E-state index >= 15 is 0 Å². The van der Waals surface area contributed by atoms with Crippen LogP contribution in [-0.4, -0.2) is 60.5 Å². The summed E-state index contributed by atoms with van der Waals surface area (Å²) < 4.78 is 7.13. The van der Waals surface area contributed by atoms with Gasteiger partial charge in [-0.05, 0) is 19.1 Å². The van der Waals surface area contributed by atoms with Crippen LogP contribution in [0.4, 0.5) is 11.5 Å². The van der Waals surface area contributed by atoms with Crippen LogP contribution >= 0.6 is 0 Å². The normalized spacial score (nSPS) is 24.4. The van der Waals surface area contributed by atoms with E-state index in [4.69, 9.17) is 4.74 Å². The van der Waals surface area contributed by atoms with Gasteiger partial charge in [0.15, 0.2) is 29.3 Å². The number of fused-ring (bicyclic) bond motifs is 1. The third kappa shape index (κ3) is 3.17. The maximum atomic E-state index is 12.1. The summed E-state index contributed by atoms with van der Waals surface area (Å²) in [5, 5.41) is 26.4. The van der Waals surface area contributed by atoms with E-state index in [0.717, 1.165) is 5.69 Å². The Morgan fingerprint density at radius 1 is 1.18 bits per heavy atom. The number of anilines is 2. The fourth-order valence-corrected chi connectivity index (χ4v) is 3.17. The van der Waals surface area contributed by atoms with Crippen LogP contribution in [0.1, 0.15) is 13.2 Å². The van der Waals surface area contributed by atoms with E-state index in [-0.39, 0.29) is 0 Å². The zero-order chi connectivity index (χ0) is 19.7. The van der Waals surface area contributed by atoms with Gasteiger partial charge in [-0.3, -0.25) is 9.36 Å². The van der Waals surface area contributed by atoms with Gasteiger partial charge in [0.1, 0.15) is 18.5 Å². The van der Waals surface area contributed by atoms with Gasteiger partial charge in [-0.15, -0.1) is 0 Å². The number of aromatic nitrogens is 4. The quantitative estimate of drug-likeness (QED) is 0.494. The first-order valence-electron chi connectivity index (χ1n) is 8.89. The predicted molar refractivity (Wildman–Crippen MR) is 99.7 cm³/mol. The Morgan fingerprint density at radius 2 is 1.96 bits per heavy atom.